The fraction of sp³-hybridized carbons (Fsp3) is 0.423. The summed E-state index contributed by atoms with van der Waals surface area (Å²) in [6.07, 6.45) is 6.22. The Kier molecular flexibility index (Phi) is 15.1. The molecule has 4 unspecified atom stereocenters. The Balaban J connectivity index is 0.000000154. The number of rotatable bonds is 15. The van der Waals surface area contributed by atoms with Crippen molar-refractivity contribution in [1.82, 2.24) is 57.3 Å². The van der Waals surface area contributed by atoms with Gasteiger partial charge in [0.15, 0.2) is 33.9 Å². The van der Waals surface area contributed by atoms with Gasteiger partial charge < -0.3 is 35.1 Å². The molecule has 6 atom stereocenters. The zero-order chi connectivity index (χ0) is 59.7. The molecule has 31 heteroatoms. The number of ketones is 2. The number of aryl methyl sites for hydroxylation is 2. The molecule has 8 aromatic rings. The molecule has 2 aliphatic carbocycles. The van der Waals surface area contributed by atoms with E-state index in [0.29, 0.717) is 54.2 Å². The number of pyridine rings is 2. The average molecular weight is 1190 g/mol. The number of carboxylic acid groups (broad SMARTS) is 1. The molecule has 8 aromatic heterocycles. The summed E-state index contributed by atoms with van der Waals surface area (Å²) in [5.41, 5.74) is 4.66. The van der Waals surface area contributed by atoms with Crippen molar-refractivity contribution in [2.75, 3.05) is 47.0 Å². The molecule has 2 saturated heterocycles. The van der Waals surface area contributed by atoms with E-state index in [1.165, 1.54) is 70.0 Å². The van der Waals surface area contributed by atoms with Crippen LogP contribution >= 0.6 is 22.7 Å². The molecule has 0 aromatic carbocycles. The number of hydrogen-bond donors (Lipinski definition) is 3. The Morgan fingerprint density at radius 1 is 0.663 bits per heavy atom. The summed E-state index contributed by atoms with van der Waals surface area (Å²) in [5.74, 6) is -7.10. The number of amides is 1. The van der Waals surface area contributed by atoms with Crippen LogP contribution in [0.4, 0.5) is 40.8 Å². The number of hydrogen-bond acceptors (Lipinski definition) is 19. The van der Waals surface area contributed by atoms with E-state index in [4.69, 9.17) is 10.8 Å². The van der Waals surface area contributed by atoms with Gasteiger partial charge in [-0.05, 0) is 38.1 Å². The fourth-order valence-corrected chi connectivity index (χ4v) is 11.6. The number of alkyl halides is 4. The summed E-state index contributed by atoms with van der Waals surface area (Å²) < 4.78 is 59.8. The number of nitrogens with one attached hydrogen (secondary N) is 1. The molecular formula is C52H54F4N16O9S2. The van der Waals surface area contributed by atoms with Gasteiger partial charge in [0.2, 0.25) is 5.91 Å². The molecule has 83 heavy (non-hydrogen) atoms. The van der Waals surface area contributed by atoms with Crippen molar-refractivity contribution in [3.05, 3.63) is 102 Å². The van der Waals surface area contributed by atoms with E-state index in [1.54, 1.807) is 50.0 Å². The maximum absolute atomic E-state index is 13.5. The van der Waals surface area contributed by atoms with E-state index >= 15 is 0 Å². The highest BCUT2D eigenvalue weighted by Crippen LogP contribution is 2.60. The van der Waals surface area contributed by atoms with Crippen LogP contribution in [0.5, 0.6) is 0 Å². The molecule has 4 N–H and O–H groups in total. The van der Waals surface area contributed by atoms with E-state index in [9.17, 15) is 55.9 Å². The van der Waals surface area contributed by atoms with Crippen LogP contribution in [0.15, 0.2) is 79.3 Å². The standard InChI is InChI=1S/C26H26F2N8O4S.C13H12F2N4S.C13H16N4O5/c1-4-15(37)8-35-24(39)20-21(33(3)25(35)40)30-12-36(20)13(2)22(38)31-18-11-41-23(32-18)14-5-6-19(29-7-14)34-9-16-17(10-34)26(16,27)28;14-13(15)8-4-19(5-9(8)13)11-2-1-7(3-17-11)12-18-10(16)6-20-12;1-4-8(18)5-16-11(19)9-10(15(3)13(16)22)14-6-17(9)7(2)12(20)21/h5-7,11-13,16-17H,4,8-10H2,1-3H3,(H,31,38);1-3,6,8-9H,4-5,16H2;6-7H,4-5H2,1-3H3,(H,20,21)/t13-,16?,17?;;7-/m0.0/s1. The number of Topliss-reactive ketones (excluding diaryl/α,β-unsaturated/α-hetero) is 2. The SMILES string of the molecule is CCC(=O)Cn1c(=O)c2c(ncn2[C@@H](C)C(=O)Nc2csc(-c3ccc(N4CC5C(C4)C5(F)F)nc3)n2)n(C)c1=O.CCC(=O)Cn1c(=O)c2c(ncn2[C@@H](C)C(=O)O)n(C)c1=O.Nc1csc(-c2ccc(N3CC4C(C3)C4(F)F)nc2)n1. The number of halogens is 4. The van der Waals surface area contributed by atoms with Crippen molar-refractivity contribution in [2.24, 2.45) is 37.8 Å². The third kappa shape index (κ3) is 10.6. The minimum atomic E-state index is -2.55. The first kappa shape index (κ1) is 57.5. The molecule has 436 valence electrons. The minimum Gasteiger partial charge on any atom is -0.480 e. The van der Waals surface area contributed by atoms with Crippen molar-refractivity contribution >= 4 is 91.7 Å². The van der Waals surface area contributed by atoms with E-state index in [2.05, 4.69) is 35.2 Å². The molecule has 1 amide bonds. The lowest BCUT2D eigenvalue weighted by molar-refractivity contribution is -0.140. The predicted octanol–water partition coefficient (Wildman–Crippen LogP) is 4.31. The van der Waals surface area contributed by atoms with Crippen molar-refractivity contribution in [3.8, 4) is 21.1 Å². The second-order valence-corrected chi connectivity index (χ2v) is 22.3. The first-order valence-electron chi connectivity index (χ1n) is 26.1. The second-order valence-electron chi connectivity index (χ2n) is 20.6. The van der Waals surface area contributed by atoms with E-state index in [-0.39, 0.29) is 59.8 Å². The van der Waals surface area contributed by atoms with E-state index in [0.717, 1.165) is 30.1 Å². The van der Waals surface area contributed by atoms with Crippen LogP contribution in [-0.4, -0.2) is 124 Å². The lowest BCUT2D eigenvalue weighted by Crippen LogP contribution is -2.41. The molecule has 0 spiro atoms. The van der Waals surface area contributed by atoms with Gasteiger partial charge in [0.1, 0.15) is 45.4 Å². The number of anilines is 4. The highest BCUT2D eigenvalue weighted by atomic mass is 32.1. The molecule has 2 aliphatic heterocycles. The Hall–Kier alpha value is -8.74. The number of nitrogen functional groups attached to an aromatic ring is 1. The molecule has 4 aliphatic rings. The topological polar surface area (TPSA) is 308 Å². The third-order valence-corrected chi connectivity index (χ3v) is 17.3. The normalized spacial score (nSPS) is 19.5. The highest BCUT2D eigenvalue weighted by molar-refractivity contribution is 7.13. The van der Waals surface area contributed by atoms with E-state index < -0.39 is 82.0 Å². The zero-order valence-electron chi connectivity index (χ0n) is 45.3. The fourth-order valence-electron chi connectivity index (χ4n) is 10.2. The van der Waals surface area contributed by atoms with Crippen molar-refractivity contribution in [3.63, 3.8) is 0 Å². The first-order valence-corrected chi connectivity index (χ1v) is 27.9. The lowest BCUT2D eigenvalue weighted by Gasteiger charge is -2.20. The number of aromatic nitrogens is 12. The van der Waals surface area contributed by atoms with Crippen LogP contribution < -0.4 is 43.3 Å². The smallest absolute Gasteiger partial charge is 0.332 e. The second kappa shape index (κ2) is 21.9. The largest absolute Gasteiger partial charge is 0.480 e. The van der Waals surface area contributed by atoms with Crippen LogP contribution in [0.3, 0.4) is 0 Å². The molecule has 2 saturated carbocycles. The lowest BCUT2D eigenvalue weighted by atomic mass is 10.3. The monoisotopic (exact) mass is 1190 g/mol. The van der Waals surface area contributed by atoms with Gasteiger partial charge in [0, 0.05) is 87.4 Å². The first-order chi connectivity index (χ1) is 39.3. The van der Waals surface area contributed by atoms with Gasteiger partial charge >= 0.3 is 17.3 Å². The summed E-state index contributed by atoms with van der Waals surface area (Å²) in [7, 11) is 2.86. The summed E-state index contributed by atoms with van der Waals surface area (Å²) in [4.78, 5) is 128. The van der Waals surface area contributed by atoms with Gasteiger partial charge in [0.25, 0.3) is 23.0 Å². The predicted molar refractivity (Wildman–Crippen MR) is 298 cm³/mol. The summed E-state index contributed by atoms with van der Waals surface area (Å²) in [6, 6.07) is 5.43. The number of piperidine rings is 2. The molecule has 12 rings (SSSR count). The van der Waals surface area contributed by atoms with Gasteiger partial charge in [0.05, 0.1) is 49.4 Å². The number of nitrogens with two attached hydrogens (primary N) is 1. The molecule has 10 heterocycles. The molecule has 25 nitrogen and oxygen atoms in total. The summed E-state index contributed by atoms with van der Waals surface area (Å²) in [6.45, 7) is 6.93. The average Bonchev–Trinajstić information content (AvgIpc) is 1.68. The number of nitrogens with zero attached hydrogens (tertiary/aromatic N) is 14. The molecular weight excluding hydrogens is 1130 g/mol. The number of carbonyl (C=O) groups excluding carboxylic acids is 3. The number of imidazole rings is 2. The third-order valence-electron chi connectivity index (χ3n) is 15.5. The van der Waals surface area contributed by atoms with Crippen LogP contribution in [0.2, 0.25) is 0 Å². The van der Waals surface area contributed by atoms with Crippen LogP contribution in [0.25, 0.3) is 43.5 Å². The maximum Gasteiger partial charge on any atom is 0.332 e. The van der Waals surface area contributed by atoms with Gasteiger partial charge in [-0.2, -0.15) is 0 Å². The highest BCUT2D eigenvalue weighted by Gasteiger charge is 2.72. The van der Waals surface area contributed by atoms with Gasteiger partial charge in [-0.15, -0.1) is 22.7 Å². The molecule has 0 radical (unpaired) electrons. The number of aliphatic carboxylic acids is 1. The van der Waals surface area contributed by atoms with Gasteiger partial charge in [-0.1, -0.05) is 13.8 Å². The summed E-state index contributed by atoms with van der Waals surface area (Å²) >= 11 is 2.76. The van der Waals surface area contributed by atoms with Crippen molar-refractivity contribution in [1.29, 1.82) is 0 Å². The number of thiazole rings is 2. The Labute approximate surface area is 474 Å². The zero-order valence-corrected chi connectivity index (χ0v) is 46.9. The number of carbonyl (C=O) groups is 4. The van der Waals surface area contributed by atoms with Gasteiger partial charge in [-0.3, -0.25) is 42.2 Å². The Morgan fingerprint density at radius 3 is 1.47 bits per heavy atom. The van der Waals surface area contributed by atoms with E-state index in [1.807, 2.05) is 28.0 Å². The molecule has 4 fully saturated rings. The minimum absolute atomic E-state index is 0.0131. The van der Waals surface area contributed by atoms with Crippen LogP contribution in [-0.2, 0) is 46.4 Å². The Morgan fingerprint density at radius 2 is 1.08 bits per heavy atom. The summed E-state index contributed by atoms with van der Waals surface area (Å²) in [5, 5.41) is 16.7. The number of carboxylic acids is 1. The quantitative estimate of drug-likeness (QED) is 0.120. The van der Waals surface area contributed by atoms with Crippen molar-refractivity contribution in [2.45, 2.75) is 77.6 Å². The molecule has 0 bridgehead atoms. The Bertz CT molecular complexity index is 4100. The number of fused-ring (bicyclic) bond motifs is 4. The van der Waals surface area contributed by atoms with Crippen LogP contribution in [0, 0.1) is 23.7 Å². The van der Waals surface area contributed by atoms with Crippen molar-refractivity contribution < 1.29 is 41.8 Å². The van der Waals surface area contributed by atoms with Gasteiger partial charge in [-0.25, -0.2) is 61.8 Å². The maximum atomic E-state index is 13.5. The van der Waals surface area contributed by atoms with Crippen LogP contribution in [0.1, 0.15) is 52.6 Å².